The van der Waals surface area contributed by atoms with Crippen molar-refractivity contribution in [1.82, 2.24) is 5.32 Å². The van der Waals surface area contributed by atoms with Crippen LogP contribution >= 0.6 is 0 Å². The topological polar surface area (TPSA) is 25.2 Å². The van der Waals surface area contributed by atoms with Crippen LogP contribution in [0, 0.1) is 0 Å². The largest absolute Gasteiger partial charge is 0.459 e. The summed E-state index contributed by atoms with van der Waals surface area (Å²) in [5, 5.41) is 4.55. The summed E-state index contributed by atoms with van der Waals surface area (Å²) in [6.07, 6.45) is 1.89. The first kappa shape index (κ1) is 11.0. The molecule has 1 aromatic heterocycles. The molecule has 1 heterocycles. The number of hydrogen-bond donors (Lipinski definition) is 1. The van der Waals surface area contributed by atoms with Crippen molar-refractivity contribution in [2.24, 2.45) is 0 Å². The number of benzene rings is 1. The van der Waals surface area contributed by atoms with Crippen molar-refractivity contribution in [3.63, 3.8) is 0 Å². The minimum absolute atomic E-state index is 0.195. The van der Waals surface area contributed by atoms with E-state index < -0.39 is 0 Å². The molecule has 2 rings (SSSR count). The van der Waals surface area contributed by atoms with Crippen LogP contribution in [0.25, 0.3) is 11.0 Å². The zero-order valence-corrected chi connectivity index (χ0v) is 9.73. The van der Waals surface area contributed by atoms with E-state index in [0.29, 0.717) is 0 Å². The third kappa shape index (κ3) is 2.17. The smallest absolute Gasteiger partial charge is 0.134 e. The van der Waals surface area contributed by atoms with Crippen LogP contribution in [0.1, 0.15) is 25.6 Å². The van der Waals surface area contributed by atoms with Crippen LogP contribution in [0.5, 0.6) is 0 Å². The van der Waals surface area contributed by atoms with Gasteiger partial charge >= 0.3 is 0 Å². The van der Waals surface area contributed by atoms with Gasteiger partial charge in [0.1, 0.15) is 11.3 Å². The summed E-state index contributed by atoms with van der Waals surface area (Å²) in [4.78, 5) is 0. The Kier molecular flexibility index (Phi) is 3.11. The average Bonchev–Trinajstić information content (AvgIpc) is 2.72. The van der Waals surface area contributed by atoms with Gasteiger partial charge in [-0.1, -0.05) is 24.3 Å². The van der Waals surface area contributed by atoms with Crippen LogP contribution in [0.15, 0.2) is 47.4 Å². The Labute approximate surface area is 96.0 Å². The van der Waals surface area contributed by atoms with Crippen molar-refractivity contribution < 1.29 is 4.42 Å². The van der Waals surface area contributed by atoms with Gasteiger partial charge in [0, 0.05) is 11.4 Å². The molecule has 0 aliphatic carbocycles. The zero-order chi connectivity index (χ0) is 11.5. The van der Waals surface area contributed by atoms with Gasteiger partial charge in [-0.3, -0.25) is 0 Å². The standard InChI is InChI=1S/C14H17NO/c1-4-10(2)15-11(3)14-9-12-7-5-6-8-13(12)16-14/h4-11,15H,1H2,2-3H3. The number of para-hydroxylation sites is 1. The van der Waals surface area contributed by atoms with Gasteiger partial charge in [0.2, 0.25) is 0 Å². The van der Waals surface area contributed by atoms with Gasteiger partial charge in [0.15, 0.2) is 0 Å². The molecule has 1 N–H and O–H groups in total. The molecule has 0 aliphatic rings. The second kappa shape index (κ2) is 4.54. The summed E-state index contributed by atoms with van der Waals surface area (Å²) >= 11 is 0. The average molecular weight is 215 g/mol. The number of hydrogen-bond acceptors (Lipinski definition) is 2. The lowest BCUT2D eigenvalue weighted by molar-refractivity contribution is 0.437. The Morgan fingerprint density at radius 3 is 2.75 bits per heavy atom. The van der Waals surface area contributed by atoms with Gasteiger partial charge in [-0.15, -0.1) is 6.58 Å². The van der Waals surface area contributed by atoms with E-state index in [4.69, 9.17) is 4.42 Å². The highest BCUT2D eigenvalue weighted by Crippen LogP contribution is 2.23. The molecular weight excluding hydrogens is 198 g/mol. The van der Waals surface area contributed by atoms with Crippen molar-refractivity contribution in [3.05, 3.63) is 48.7 Å². The van der Waals surface area contributed by atoms with Crippen LogP contribution in [0.4, 0.5) is 0 Å². The highest BCUT2D eigenvalue weighted by Gasteiger charge is 2.12. The Balaban J connectivity index is 2.22. The van der Waals surface area contributed by atoms with Gasteiger partial charge in [-0.05, 0) is 26.0 Å². The number of rotatable bonds is 4. The second-order valence-electron chi connectivity index (χ2n) is 4.10. The highest BCUT2D eigenvalue weighted by molar-refractivity contribution is 5.77. The molecule has 2 nitrogen and oxygen atoms in total. The Morgan fingerprint density at radius 2 is 2.06 bits per heavy atom. The van der Waals surface area contributed by atoms with Crippen LogP contribution in [-0.4, -0.2) is 6.04 Å². The molecule has 0 fully saturated rings. The third-order valence-electron chi connectivity index (χ3n) is 2.74. The molecule has 2 atom stereocenters. The molecule has 2 unspecified atom stereocenters. The molecular formula is C14H17NO. The molecule has 0 saturated carbocycles. The minimum Gasteiger partial charge on any atom is -0.459 e. The molecule has 16 heavy (non-hydrogen) atoms. The number of furan rings is 1. The fourth-order valence-corrected chi connectivity index (χ4v) is 1.76. The van der Waals surface area contributed by atoms with E-state index in [9.17, 15) is 0 Å². The number of fused-ring (bicyclic) bond motifs is 1. The van der Waals surface area contributed by atoms with Gasteiger partial charge in [0.25, 0.3) is 0 Å². The maximum atomic E-state index is 5.78. The maximum Gasteiger partial charge on any atom is 0.134 e. The molecule has 0 aliphatic heterocycles. The van der Waals surface area contributed by atoms with E-state index in [1.807, 2.05) is 24.3 Å². The van der Waals surface area contributed by atoms with E-state index >= 15 is 0 Å². The Bertz CT molecular complexity index is 453. The number of nitrogens with one attached hydrogen (secondary N) is 1. The molecule has 0 spiro atoms. The van der Waals surface area contributed by atoms with Crippen molar-refractivity contribution in [3.8, 4) is 0 Å². The van der Waals surface area contributed by atoms with E-state index in [0.717, 1.165) is 16.7 Å². The van der Waals surface area contributed by atoms with Gasteiger partial charge < -0.3 is 9.73 Å². The van der Waals surface area contributed by atoms with Crippen molar-refractivity contribution >= 4 is 11.0 Å². The van der Waals surface area contributed by atoms with Gasteiger partial charge in [-0.2, -0.15) is 0 Å². The van der Waals surface area contributed by atoms with E-state index in [2.05, 4.69) is 37.9 Å². The van der Waals surface area contributed by atoms with Crippen molar-refractivity contribution in [1.29, 1.82) is 0 Å². The van der Waals surface area contributed by atoms with E-state index in [1.54, 1.807) is 0 Å². The van der Waals surface area contributed by atoms with E-state index in [1.165, 1.54) is 0 Å². The molecule has 0 saturated heterocycles. The van der Waals surface area contributed by atoms with Crippen molar-refractivity contribution in [2.45, 2.75) is 25.9 Å². The van der Waals surface area contributed by atoms with Crippen molar-refractivity contribution in [2.75, 3.05) is 0 Å². The molecule has 0 amide bonds. The first-order valence-electron chi connectivity index (χ1n) is 5.58. The Morgan fingerprint density at radius 1 is 1.31 bits per heavy atom. The summed E-state index contributed by atoms with van der Waals surface area (Å²) in [7, 11) is 0. The monoisotopic (exact) mass is 215 g/mol. The Hall–Kier alpha value is -1.54. The summed E-state index contributed by atoms with van der Waals surface area (Å²) < 4.78 is 5.78. The van der Waals surface area contributed by atoms with E-state index in [-0.39, 0.29) is 12.1 Å². The van der Waals surface area contributed by atoms with Gasteiger partial charge in [-0.25, -0.2) is 0 Å². The highest BCUT2D eigenvalue weighted by atomic mass is 16.3. The quantitative estimate of drug-likeness (QED) is 0.787. The summed E-state index contributed by atoms with van der Waals surface area (Å²) in [6.45, 7) is 7.93. The zero-order valence-electron chi connectivity index (χ0n) is 9.73. The normalized spacial score (nSPS) is 14.9. The predicted octanol–water partition coefficient (Wildman–Crippen LogP) is 3.66. The van der Waals surface area contributed by atoms with Crippen LogP contribution in [-0.2, 0) is 0 Å². The van der Waals surface area contributed by atoms with Crippen LogP contribution in [0.3, 0.4) is 0 Å². The molecule has 2 aromatic rings. The summed E-state index contributed by atoms with van der Waals surface area (Å²) in [6, 6.07) is 10.6. The van der Waals surface area contributed by atoms with Crippen LogP contribution in [0.2, 0.25) is 0 Å². The maximum absolute atomic E-state index is 5.78. The second-order valence-corrected chi connectivity index (χ2v) is 4.10. The third-order valence-corrected chi connectivity index (χ3v) is 2.74. The molecule has 0 bridgehead atoms. The predicted molar refractivity (Wildman–Crippen MR) is 67.4 cm³/mol. The molecule has 0 radical (unpaired) electrons. The fraction of sp³-hybridized carbons (Fsp3) is 0.286. The first-order valence-corrected chi connectivity index (χ1v) is 5.58. The SMILES string of the molecule is C=CC(C)NC(C)c1cc2ccccc2o1. The molecule has 84 valence electrons. The van der Waals surface area contributed by atoms with Crippen LogP contribution < -0.4 is 5.32 Å². The summed E-state index contributed by atoms with van der Waals surface area (Å²) in [5.74, 6) is 0.968. The van der Waals surface area contributed by atoms with Gasteiger partial charge in [0.05, 0.1) is 6.04 Å². The molecule has 1 aromatic carbocycles. The lowest BCUT2D eigenvalue weighted by Gasteiger charge is -2.14. The lowest BCUT2D eigenvalue weighted by atomic mass is 10.2. The minimum atomic E-state index is 0.195. The fourth-order valence-electron chi connectivity index (χ4n) is 1.76. The first-order chi connectivity index (χ1) is 7.70. The lowest BCUT2D eigenvalue weighted by Crippen LogP contribution is -2.26. The summed E-state index contributed by atoms with van der Waals surface area (Å²) in [5.41, 5.74) is 0.942. The molecule has 2 heteroatoms.